The van der Waals surface area contributed by atoms with Crippen LogP contribution in [-0.4, -0.2) is 21.1 Å². The van der Waals surface area contributed by atoms with Crippen LogP contribution >= 0.6 is 11.6 Å². The lowest BCUT2D eigenvalue weighted by Gasteiger charge is -2.06. The molecule has 1 aromatic carbocycles. The van der Waals surface area contributed by atoms with E-state index in [1.54, 1.807) is 6.92 Å². The Bertz CT molecular complexity index is 697. The number of carbonyl (C=O) groups excluding carboxylic acids is 1. The molecule has 0 fully saturated rings. The normalized spacial score (nSPS) is 10.3. The van der Waals surface area contributed by atoms with Gasteiger partial charge in [0.25, 0.3) is 5.91 Å². The monoisotopic (exact) mass is 297 g/mol. The van der Waals surface area contributed by atoms with Crippen LogP contribution in [0.5, 0.6) is 5.75 Å². The largest absolute Gasteiger partial charge is 0.501 e. The van der Waals surface area contributed by atoms with Crippen molar-refractivity contribution in [3.63, 3.8) is 0 Å². The number of aromatic hydroxyl groups is 1. The van der Waals surface area contributed by atoms with Gasteiger partial charge in [-0.05, 0) is 13.0 Å². The van der Waals surface area contributed by atoms with Crippen molar-refractivity contribution in [2.45, 2.75) is 6.92 Å². The average Bonchev–Trinajstić information content (AvgIpc) is 2.79. The number of benzene rings is 1. The minimum Gasteiger partial charge on any atom is -0.501 e. The van der Waals surface area contributed by atoms with Crippen LogP contribution in [0.3, 0.4) is 0 Å². The van der Waals surface area contributed by atoms with Crippen molar-refractivity contribution in [2.24, 2.45) is 0 Å². The minimum absolute atomic E-state index is 0.00105. The molecule has 1 heterocycles. The number of carbonyl (C=O) groups is 1. The molecule has 0 saturated carbocycles. The van der Waals surface area contributed by atoms with Gasteiger partial charge in [-0.1, -0.05) is 16.8 Å². The van der Waals surface area contributed by atoms with Crippen molar-refractivity contribution in [2.75, 3.05) is 5.32 Å². The van der Waals surface area contributed by atoms with Crippen molar-refractivity contribution in [1.29, 1.82) is 0 Å². The van der Waals surface area contributed by atoms with Gasteiger partial charge in [-0.3, -0.25) is 14.9 Å². The van der Waals surface area contributed by atoms with Gasteiger partial charge in [-0.25, -0.2) is 0 Å². The molecular weight excluding hydrogens is 290 g/mol. The van der Waals surface area contributed by atoms with Crippen molar-refractivity contribution in [1.82, 2.24) is 5.16 Å². The van der Waals surface area contributed by atoms with E-state index in [1.807, 2.05) is 0 Å². The van der Waals surface area contributed by atoms with Gasteiger partial charge < -0.3 is 14.9 Å². The Hall–Kier alpha value is -2.61. The molecule has 0 bridgehead atoms. The van der Waals surface area contributed by atoms with E-state index < -0.39 is 22.3 Å². The zero-order chi connectivity index (χ0) is 14.9. The standard InChI is InChI=1S/C11H8ClN3O5/c1-5-2-8(14-20-5)11(17)13-7-3-6(12)4-9(10(7)16)15(18)19/h2-4,16H,1H3,(H,13,17). The van der Waals surface area contributed by atoms with Crippen LogP contribution in [0, 0.1) is 17.0 Å². The van der Waals surface area contributed by atoms with E-state index in [1.165, 1.54) is 12.1 Å². The summed E-state index contributed by atoms with van der Waals surface area (Å²) >= 11 is 5.70. The lowest BCUT2D eigenvalue weighted by atomic mass is 10.2. The van der Waals surface area contributed by atoms with Gasteiger partial charge >= 0.3 is 5.69 Å². The molecule has 0 saturated heterocycles. The number of phenols is 1. The Morgan fingerprint density at radius 2 is 2.20 bits per heavy atom. The fraction of sp³-hybridized carbons (Fsp3) is 0.0909. The molecule has 0 aliphatic heterocycles. The zero-order valence-electron chi connectivity index (χ0n) is 10.1. The number of rotatable bonds is 3. The number of nitro groups is 1. The summed E-state index contributed by atoms with van der Waals surface area (Å²) in [6.45, 7) is 1.60. The highest BCUT2D eigenvalue weighted by Crippen LogP contribution is 2.37. The summed E-state index contributed by atoms with van der Waals surface area (Å²) < 4.78 is 4.73. The number of hydrogen-bond acceptors (Lipinski definition) is 6. The van der Waals surface area contributed by atoms with Crippen LogP contribution in [0.25, 0.3) is 0 Å². The van der Waals surface area contributed by atoms with Gasteiger partial charge in [-0.15, -0.1) is 0 Å². The second kappa shape index (κ2) is 5.17. The SMILES string of the molecule is Cc1cc(C(=O)Nc2cc(Cl)cc([N+](=O)[O-])c2O)no1. The fourth-order valence-electron chi connectivity index (χ4n) is 1.48. The Morgan fingerprint density at radius 3 is 2.75 bits per heavy atom. The van der Waals surface area contributed by atoms with Crippen molar-refractivity contribution >= 4 is 28.9 Å². The first-order valence-electron chi connectivity index (χ1n) is 5.30. The van der Waals surface area contributed by atoms with Crippen LogP contribution in [0.1, 0.15) is 16.2 Å². The maximum atomic E-state index is 11.8. The summed E-state index contributed by atoms with van der Waals surface area (Å²) in [4.78, 5) is 21.7. The molecule has 2 N–H and O–H groups in total. The maximum absolute atomic E-state index is 11.8. The number of aryl methyl sites for hydroxylation is 1. The molecule has 1 amide bonds. The van der Waals surface area contributed by atoms with E-state index in [4.69, 9.17) is 16.1 Å². The molecule has 0 unspecified atom stereocenters. The zero-order valence-corrected chi connectivity index (χ0v) is 10.8. The molecule has 9 heteroatoms. The van der Waals surface area contributed by atoms with E-state index >= 15 is 0 Å². The van der Waals surface area contributed by atoms with Crippen LogP contribution in [0.2, 0.25) is 5.02 Å². The molecule has 0 spiro atoms. The lowest BCUT2D eigenvalue weighted by Crippen LogP contribution is -2.12. The number of anilines is 1. The molecule has 104 valence electrons. The van der Waals surface area contributed by atoms with E-state index in [-0.39, 0.29) is 16.4 Å². The first-order valence-corrected chi connectivity index (χ1v) is 5.68. The van der Waals surface area contributed by atoms with E-state index in [9.17, 15) is 20.0 Å². The second-order valence-electron chi connectivity index (χ2n) is 3.86. The highest BCUT2D eigenvalue weighted by Gasteiger charge is 2.21. The van der Waals surface area contributed by atoms with Crippen LogP contribution in [0.4, 0.5) is 11.4 Å². The van der Waals surface area contributed by atoms with Crippen LogP contribution in [0.15, 0.2) is 22.7 Å². The molecule has 0 aliphatic rings. The molecule has 0 radical (unpaired) electrons. The van der Waals surface area contributed by atoms with Gasteiger partial charge in [0.05, 0.1) is 10.6 Å². The number of phenolic OH excluding ortho intramolecular Hbond substituents is 1. The number of halogens is 1. The van der Waals surface area contributed by atoms with Gasteiger partial charge in [0.1, 0.15) is 5.76 Å². The summed E-state index contributed by atoms with van der Waals surface area (Å²) in [5.74, 6) is -0.946. The number of amides is 1. The molecule has 1 aromatic heterocycles. The highest BCUT2D eigenvalue weighted by atomic mass is 35.5. The van der Waals surface area contributed by atoms with Gasteiger partial charge in [-0.2, -0.15) is 0 Å². The fourth-order valence-corrected chi connectivity index (χ4v) is 1.69. The third kappa shape index (κ3) is 2.69. The number of aromatic nitrogens is 1. The first kappa shape index (κ1) is 13.8. The van der Waals surface area contributed by atoms with E-state index in [2.05, 4.69) is 10.5 Å². The number of hydrogen-bond donors (Lipinski definition) is 2. The summed E-state index contributed by atoms with van der Waals surface area (Å²) in [6, 6.07) is 3.55. The summed E-state index contributed by atoms with van der Waals surface area (Å²) in [7, 11) is 0. The molecular formula is C11H8ClN3O5. The van der Waals surface area contributed by atoms with Crippen LogP contribution in [-0.2, 0) is 0 Å². The summed E-state index contributed by atoms with van der Waals surface area (Å²) in [5, 5.41) is 26.2. The predicted octanol–water partition coefficient (Wildman–Crippen LogP) is 2.50. The van der Waals surface area contributed by atoms with Crippen LogP contribution < -0.4 is 5.32 Å². The molecule has 2 aromatic rings. The van der Waals surface area contributed by atoms with Gasteiger partial charge in [0.2, 0.25) is 5.75 Å². The first-order chi connectivity index (χ1) is 9.38. The second-order valence-corrected chi connectivity index (χ2v) is 4.29. The summed E-state index contributed by atoms with van der Waals surface area (Å²) in [6.07, 6.45) is 0. The van der Waals surface area contributed by atoms with Gasteiger partial charge in [0, 0.05) is 17.2 Å². The predicted molar refractivity (Wildman–Crippen MR) is 69.0 cm³/mol. The van der Waals surface area contributed by atoms with Crippen molar-refractivity contribution in [3.8, 4) is 5.75 Å². The highest BCUT2D eigenvalue weighted by molar-refractivity contribution is 6.31. The maximum Gasteiger partial charge on any atom is 0.314 e. The third-order valence-corrected chi connectivity index (χ3v) is 2.58. The van der Waals surface area contributed by atoms with E-state index in [0.717, 1.165) is 6.07 Å². The molecule has 0 atom stereocenters. The quantitative estimate of drug-likeness (QED) is 0.510. The Kier molecular flexibility index (Phi) is 3.57. The Balaban J connectivity index is 2.34. The van der Waals surface area contributed by atoms with Crippen molar-refractivity contribution < 1.29 is 19.3 Å². The number of nitrogens with zero attached hydrogens (tertiary/aromatic N) is 2. The molecule has 20 heavy (non-hydrogen) atoms. The topological polar surface area (TPSA) is 118 Å². The minimum atomic E-state index is -0.808. The smallest absolute Gasteiger partial charge is 0.314 e. The van der Waals surface area contributed by atoms with Crippen molar-refractivity contribution in [3.05, 3.63) is 44.8 Å². The Morgan fingerprint density at radius 1 is 1.50 bits per heavy atom. The number of nitrogens with one attached hydrogen (secondary N) is 1. The molecule has 8 nitrogen and oxygen atoms in total. The molecule has 2 rings (SSSR count). The Labute approximate surface area is 117 Å². The third-order valence-electron chi connectivity index (χ3n) is 2.36. The lowest BCUT2D eigenvalue weighted by molar-refractivity contribution is -0.385. The number of nitro benzene ring substituents is 1. The van der Waals surface area contributed by atoms with E-state index in [0.29, 0.717) is 5.76 Å². The summed E-state index contributed by atoms with van der Waals surface area (Å²) in [5.41, 5.74) is -0.816. The average molecular weight is 298 g/mol. The molecule has 0 aliphatic carbocycles. The van der Waals surface area contributed by atoms with Gasteiger partial charge in [0.15, 0.2) is 5.69 Å².